The van der Waals surface area contributed by atoms with Gasteiger partial charge in [0.15, 0.2) is 11.5 Å². The number of fused-ring (bicyclic) bond motifs is 2. The molecule has 1 saturated heterocycles. The summed E-state index contributed by atoms with van der Waals surface area (Å²) < 4.78 is 16.1. The highest BCUT2D eigenvalue weighted by Crippen LogP contribution is 2.48. The fourth-order valence-corrected chi connectivity index (χ4v) is 5.19. The van der Waals surface area contributed by atoms with Gasteiger partial charge in [0.25, 0.3) is 23.4 Å². The van der Waals surface area contributed by atoms with Gasteiger partial charge in [-0.25, -0.2) is 0 Å². The molecule has 0 radical (unpaired) electrons. The molecule has 2 atom stereocenters. The summed E-state index contributed by atoms with van der Waals surface area (Å²) in [5.41, 5.74) is 0.0238. The van der Waals surface area contributed by atoms with Gasteiger partial charge in [0.2, 0.25) is 6.79 Å². The summed E-state index contributed by atoms with van der Waals surface area (Å²) in [6, 6.07) is 11.6. The first-order valence-electron chi connectivity index (χ1n) is 11.0. The van der Waals surface area contributed by atoms with Gasteiger partial charge >= 0.3 is 0 Å². The SMILES string of the molecule is COc1ccc(N2C(=O)C(N3C(=O)c4cccc([N+](=O)[O-])c4C3=O)C2c2ccc3c(c2)OCO3)cc1Cl. The summed E-state index contributed by atoms with van der Waals surface area (Å²) in [5.74, 6) is -0.866. The van der Waals surface area contributed by atoms with Crippen LogP contribution in [0.5, 0.6) is 17.2 Å². The monoisotopic (exact) mass is 521 g/mol. The van der Waals surface area contributed by atoms with E-state index in [-0.39, 0.29) is 22.9 Å². The third-order valence-electron chi connectivity index (χ3n) is 6.62. The van der Waals surface area contributed by atoms with E-state index in [1.165, 1.54) is 24.1 Å². The van der Waals surface area contributed by atoms with Crippen LogP contribution in [-0.4, -0.2) is 47.5 Å². The first-order chi connectivity index (χ1) is 17.8. The van der Waals surface area contributed by atoms with Crippen LogP contribution in [0.3, 0.4) is 0 Å². The molecule has 3 aliphatic rings. The molecule has 0 spiro atoms. The van der Waals surface area contributed by atoms with Gasteiger partial charge in [-0.05, 0) is 42.0 Å². The van der Waals surface area contributed by atoms with E-state index >= 15 is 0 Å². The lowest BCUT2D eigenvalue weighted by Gasteiger charge is -2.49. The predicted molar refractivity (Wildman–Crippen MR) is 128 cm³/mol. The minimum Gasteiger partial charge on any atom is -0.495 e. The second-order valence-electron chi connectivity index (χ2n) is 8.47. The number of ether oxygens (including phenoxy) is 3. The van der Waals surface area contributed by atoms with Crippen LogP contribution in [0.1, 0.15) is 32.3 Å². The number of nitro benzene ring substituents is 1. The maximum absolute atomic E-state index is 13.6. The Balaban J connectivity index is 1.46. The quantitative estimate of drug-likeness (QED) is 0.215. The molecular weight excluding hydrogens is 506 g/mol. The van der Waals surface area contributed by atoms with Gasteiger partial charge in [0.1, 0.15) is 17.4 Å². The van der Waals surface area contributed by atoms with Crippen molar-refractivity contribution in [1.82, 2.24) is 4.90 Å². The Morgan fingerprint density at radius 1 is 0.973 bits per heavy atom. The van der Waals surface area contributed by atoms with Crippen LogP contribution in [0.4, 0.5) is 11.4 Å². The number of halogens is 1. The standard InChI is InChI=1S/C25H16ClN3O8/c1-35-17-8-6-13(10-15(17)26)27-21(12-5-7-18-19(9-12)37-11-36-18)22(25(27)32)28-23(30)14-3-2-4-16(29(33)34)20(14)24(28)31/h2-10,21-22H,11H2,1H3. The van der Waals surface area contributed by atoms with Crippen molar-refractivity contribution in [2.24, 2.45) is 0 Å². The van der Waals surface area contributed by atoms with Crippen molar-refractivity contribution < 1.29 is 33.5 Å². The maximum Gasteiger partial charge on any atom is 0.282 e. The molecule has 11 nitrogen and oxygen atoms in total. The zero-order valence-corrected chi connectivity index (χ0v) is 19.8. The van der Waals surface area contributed by atoms with Crippen molar-refractivity contribution in [3.8, 4) is 17.2 Å². The summed E-state index contributed by atoms with van der Waals surface area (Å²) in [6.07, 6.45) is 0. The van der Waals surface area contributed by atoms with Crippen LogP contribution in [0, 0.1) is 10.1 Å². The molecule has 0 aromatic heterocycles. The zero-order valence-electron chi connectivity index (χ0n) is 19.0. The van der Waals surface area contributed by atoms with E-state index in [0.717, 1.165) is 11.0 Å². The highest BCUT2D eigenvalue weighted by molar-refractivity contribution is 6.32. The van der Waals surface area contributed by atoms with E-state index in [9.17, 15) is 24.5 Å². The fourth-order valence-electron chi connectivity index (χ4n) is 4.94. The summed E-state index contributed by atoms with van der Waals surface area (Å²) >= 11 is 6.31. The number of hydrogen-bond donors (Lipinski definition) is 0. The number of imide groups is 1. The molecule has 186 valence electrons. The van der Waals surface area contributed by atoms with E-state index in [1.54, 1.807) is 36.4 Å². The summed E-state index contributed by atoms with van der Waals surface area (Å²) in [5, 5.41) is 11.8. The Morgan fingerprint density at radius 3 is 2.49 bits per heavy atom. The van der Waals surface area contributed by atoms with E-state index in [4.69, 9.17) is 25.8 Å². The molecule has 3 amide bonds. The smallest absolute Gasteiger partial charge is 0.282 e. The first kappa shape index (κ1) is 22.8. The van der Waals surface area contributed by atoms with Gasteiger partial charge in [-0.1, -0.05) is 23.7 Å². The Morgan fingerprint density at radius 2 is 1.76 bits per heavy atom. The minimum absolute atomic E-state index is 0.0334. The number of nitro groups is 1. The highest BCUT2D eigenvalue weighted by Gasteiger charge is 2.58. The number of methoxy groups -OCH3 is 1. The predicted octanol–water partition coefficient (Wildman–Crippen LogP) is 3.74. The van der Waals surface area contributed by atoms with Gasteiger partial charge in [0, 0.05) is 11.8 Å². The summed E-state index contributed by atoms with van der Waals surface area (Å²) in [7, 11) is 1.46. The van der Waals surface area contributed by atoms with Crippen LogP contribution in [0.25, 0.3) is 0 Å². The molecule has 3 aromatic carbocycles. The Labute approximate surface area is 213 Å². The molecule has 3 heterocycles. The average molecular weight is 522 g/mol. The lowest BCUT2D eigenvalue weighted by molar-refractivity contribution is -0.385. The normalized spacial score (nSPS) is 19.7. The van der Waals surface area contributed by atoms with Crippen molar-refractivity contribution in [2.45, 2.75) is 12.1 Å². The van der Waals surface area contributed by atoms with E-state index in [1.807, 2.05) is 0 Å². The van der Waals surface area contributed by atoms with Crippen LogP contribution in [0.15, 0.2) is 54.6 Å². The Bertz CT molecular complexity index is 1540. The molecule has 3 aromatic rings. The van der Waals surface area contributed by atoms with Crippen molar-refractivity contribution in [3.63, 3.8) is 0 Å². The molecule has 0 N–H and O–H groups in total. The molecular formula is C25H16ClN3O8. The third-order valence-corrected chi connectivity index (χ3v) is 6.91. The van der Waals surface area contributed by atoms with Crippen LogP contribution < -0.4 is 19.1 Å². The molecule has 12 heteroatoms. The fraction of sp³-hybridized carbons (Fsp3) is 0.160. The Hall–Kier alpha value is -4.64. The molecule has 1 fully saturated rings. The van der Waals surface area contributed by atoms with Crippen molar-refractivity contribution in [3.05, 3.63) is 86.4 Å². The third kappa shape index (κ3) is 3.24. The van der Waals surface area contributed by atoms with E-state index in [0.29, 0.717) is 28.5 Å². The largest absolute Gasteiger partial charge is 0.495 e. The zero-order chi connectivity index (χ0) is 26.0. The minimum atomic E-state index is -1.26. The summed E-state index contributed by atoms with van der Waals surface area (Å²) in [6.45, 7) is 0.0334. The average Bonchev–Trinajstić information content (AvgIpc) is 3.45. The van der Waals surface area contributed by atoms with E-state index in [2.05, 4.69) is 0 Å². The number of carbonyl (C=O) groups is 3. The van der Waals surface area contributed by atoms with Gasteiger partial charge in [-0.2, -0.15) is 0 Å². The molecule has 0 aliphatic carbocycles. The first-order valence-corrected chi connectivity index (χ1v) is 11.4. The highest BCUT2D eigenvalue weighted by atomic mass is 35.5. The second kappa shape index (κ2) is 8.20. The Kier molecular flexibility index (Phi) is 5.06. The van der Waals surface area contributed by atoms with E-state index < -0.39 is 40.4 Å². The molecule has 2 unspecified atom stereocenters. The van der Waals surface area contributed by atoms with Crippen LogP contribution in [0.2, 0.25) is 5.02 Å². The number of hydrogen-bond acceptors (Lipinski definition) is 8. The van der Waals surface area contributed by atoms with Crippen molar-refractivity contribution in [1.29, 1.82) is 0 Å². The summed E-state index contributed by atoms with van der Waals surface area (Å²) in [4.78, 5) is 53.4. The van der Waals surface area contributed by atoms with Gasteiger partial charge in [-0.3, -0.25) is 29.4 Å². The molecule has 6 rings (SSSR count). The second-order valence-corrected chi connectivity index (χ2v) is 8.87. The van der Waals surface area contributed by atoms with Crippen LogP contribution >= 0.6 is 11.6 Å². The number of rotatable bonds is 5. The van der Waals surface area contributed by atoms with Gasteiger partial charge in [0.05, 0.1) is 28.7 Å². The van der Waals surface area contributed by atoms with Gasteiger partial charge < -0.3 is 19.1 Å². The van der Waals surface area contributed by atoms with Crippen LogP contribution in [-0.2, 0) is 4.79 Å². The van der Waals surface area contributed by atoms with Gasteiger partial charge in [-0.15, -0.1) is 0 Å². The molecule has 3 aliphatic heterocycles. The number of benzene rings is 3. The van der Waals surface area contributed by atoms with Crippen molar-refractivity contribution in [2.75, 3.05) is 18.8 Å². The van der Waals surface area contributed by atoms with Crippen molar-refractivity contribution >= 4 is 40.7 Å². The number of amides is 3. The molecule has 37 heavy (non-hydrogen) atoms. The topological polar surface area (TPSA) is 129 Å². The molecule has 0 saturated carbocycles. The lowest BCUT2D eigenvalue weighted by atomic mass is 9.86. The lowest BCUT2D eigenvalue weighted by Crippen LogP contribution is -2.67. The maximum atomic E-state index is 13.6. The molecule has 0 bridgehead atoms. The number of carbonyl (C=O) groups excluding carboxylic acids is 3. The number of anilines is 1. The number of β-lactam (4-membered cyclic amide) rings is 1. The number of nitrogens with zero attached hydrogens (tertiary/aromatic N) is 3.